The van der Waals surface area contributed by atoms with Crippen molar-refractivity contribution >= 4 is 28.9 Å². The summed E-state index contributed by atoms with van der Waals surface area (Å²) in [6, 6.07) is 4.45. The van der Waals surface area contributed by atoms with E-state index in [1.54, 1.807) is 65.9 Å². The Balaban J connectivity index is 1.94. The molecule has 7 nitrogen and oxygen atoms in total. The summed E-state index contributed by atoms with van der Waals surface area (Å²) in [5.74, 6) is -0.203. The Morgan fingerprint density at radius 2 is 1.71 bits per heavy atom. The van der Waals surface area contributed by atoms with Gasteiger partial charge >= 0.3 is 12.2 Å². The van der Waals surface area contributed by atoms with Crippen molar-refractivity contribution in [3.8, 4) is 0 Å². The number of benzene rings is 1. The second-order valence-corrected chi connectivity index (χ2v) is 8.97. The lowest BCUT2D eigenvalue weighted by Crippen LogP contribution is -2.45. The number of hydrogen-bond donors (Lipinski definition) is 1. The fraction of sp³-hybridized carbons (Fsp3) is 0.476. The molecule has 0 saturated carbocycles. The second kappa shape index (κ2) is 6.65. The summed E-state index contributed by atoms with van der Waals surface area (Å²) in [6.07, 6.45) is 0.805. The zero-order chi connectivity index (χ0) is 20.9. The summed E-state index contributed by atoms with van der Waals surface area (Å²) in [5, 5.41) is 3.37. The Bertz CT molecular complexity index is 960. The minimum Gasteiger partial charge on any atom is -0.444 e. The van der Waals surface area contributed by atoms with Gasteiger partial charge < -0.3 is 14.8 Å². The number of ether oxygens (including phenoxy) is 2. The number of aromatic nitrogens is 1. The molecular formula is C21H26N2O5. The van der Waals surface area contributed by atoms with Crippen LogP contribution in [0, 0.1) is 0 Å². The Morgan fingerprint density at radius 1 is 1.07 bits per heavy atom. The first-order chi connectivity index (χ1) is 12.9. The van der Waals surface area contributed by atoms with Gasteiger partial charge in [-0.1, -0.05) is 12.1 Å². The van der Waals surface area contributed by atoms with Gasteiger partial charge in [0.05, 0.1) is 11.6 Å². The summed E-state index contributed by atoms with van der Waals surface area (Å²) in [7, 11) is 0. The van der Waals surface area contributed by atoms with Crippen LogP contribution >= 0.6 is 0 Å². The van der Waals surface area contributed by atoms with E-state index >= 15 is 0 Å². The standard InChI is InChI=1S/C21H26N2O5/c1-20(2,3)27-18(25)22-14-10-12-11-23(19(26)28-21(4,5)6)15-9-7-8-13(16(12)15)17(14)24/h7-9,11,14H,10H2,1-6H3,(H,22,25). The third-order valence-electron chi connectivity index (χ3n) is 4.20. The Kier molecular flexibility index (Phi) is 4.73. The summed E-state index contributed by atoms with van der Waals surface area (Å²) in [6.45, 7) is 10.7. The maximum Gasteiger partial charge on any atom is 0.419 e. The molecule has 0 bridgehead atoms. The number of nitrogens with one attached hydrogen (secondary N) is 1. The minimum atomic E-state index is -0.748. The number of Topliss-reactive ketones (excluding diaryl/α,β-unsaturated/α-hetero) is 1. The van der Waals surface area contributed by atoms with E-state index in [-0.39, 0.29) is 12.2 Å². The number of ketones is 1. The lowest BCUT2D eigenvalue weighted by molar-refractivity contribution is 0.0488. The van der Waals surface area contributed by atoms with Crippen molar-refractivity contribution in [2.45, 2.75) is 65.2 Å². The van der Waals surface area contributed by atoms with Gasteiger partial charge in [0.1, 0.15) is 11.2 Å². The van der Waals surface area contributed by atoms with Crippen LogP contribution in [0.1, 0.15) is 57.5 Å². The third-order valence-corrected chi connectivity index (χ3v) is 4.20. The van der Waals surface area contributed by atoms with E-state index in [0.29, 0.717) is 11.1 Å². The molecule has 2 aromatic rings. The predicted molar refractivity (Wildman–Crippen MR) is 105 cm³/mol. The third kappa shape index (κ3) is 4.03. The maximum atomic E-state index is 12.9. The molecule has 0 aliphatic heterocycles. The van der Waals surface area contributed by atoms with Crippen LogP contribution < -0.4 is 5.32 Å². The van der Waals surface area contributed by atoms with E-state index in [9.17, 15) is 14.4 Å². The number of carbonyl (C=O) groups is 3. The highest BCUT2D eigenvalue weighted by Gasteiger charge is 2.33. The van der Waals surface area contributed by atoms with Gasteiger partial charge in [-0.3, -0.25) is 9.36 Å². The van der Waals surface area contributed by atoms with Crippen molar-refractivity contribution in [3.05, 3.63) is 35.5 Å². The van der Waals surface area contributed by atoms with Gasteiger partial charge in [-0.2, -0.15) is 0 Å². The highest BCUT2D eigenvalue weighted by atomic mass is 16.6. The molecule has 1 aromatic heterocycles. The first kappa shape index (κ1) is 19.9. The van der Waals surface area contributed by atoms with Crippen LogP contribution in [0.4, 0.5) is 9.59 Å². The molecule has 1 aliphatic rings. The zero-order valence-electron chi connectivity index (χ0n) is 17.1. The monoisotopic (exact) mass is 386 g/mol. The number of hydrogen-bond acceptors (Lipinski definition) is 5. The number of carbonyl (C=O) groups excluding carboxylic acids is 3. The van der Waals surface area contributed by atoms with Gasteiger partial charge in [0.15, 0.2) is 5.78 Å². The van der Waals surface area contributed by atoms with Crippen molar-refractivity contribution < 1.29 is 23.9 Å². The van der Waals surface area contributed by atoms with Gasteiger partial charge in [0.25, 0.3) is 0 Å². The topological polar surface area (TPSA) is 86.6 Å². The molecule has 1 aliphatic carbocycles. The van der Waals surface area contributed by atoms with Crippen molar-refractivity contribution in [2.75, 3.05) is 0 Å². The van der Waals surface area contributed by atoms with Gasteiger partial charge in [0, 0.05) is 23.6 Å². The molecule has 28 heavy (non-hydrogen) atoms. The van der Waals surface area contributed by atoms with Crippen molar-refractivity contribution in [1.82, 2.24) is 9.88 Å². The Morgan fingerprint density at radius 3 is 2.32 bits per heavy atom. The van der Waals surface area contributed by atoms with Crippen molar-refractivity contribution in [1.29, 1.82) is 0 Å². The molecule has 3 rings (SSSR count). The molecule has 0 spiro atoms. The van der Waals surface area contributed by atoms with E-state index in [4.69, 9.17) is 9.47 Å². The van der Waals surface area contributed by atoms with Crippen molar-refractivity contribution in [3.63, 3.8) is 0 Å². The van der Waals surface area contributed by atoms with Crippen LogP contribution in [0.25, 0.3) is 10.9 Å². The first-order valence-electron chi connectivity index (χ1n) is 9.26. The van der Waals surface area contributed by atoms with Crippen LogP contribution in [0.5, 0.6) is 0 Å². The lowest BCUT2D eigenvalue weighted by Gasteiger charge is -2.25. The highest BCUT2D eigenvalue weighted by molar-refractivity contribution is 6.15. The highest BCUT2D eigenvalue weighted by Crippen LogP contribution is 2.32. The van der Waals surface area contributed by atoms with Gasteiger partial charge in [-0.05, 0) is 53.2 Å². The first-order valence-corrected chi connectivity index (χ1v) is 9.26. The second-order valence-electron chi connectivity index (χ2n) is 8.97. The van der Waals surface area contributed by atoms with Crippen LogP contribution in [-0.4, -0.2) is 39.8 Å². The fourth-order valence-electron chi connectivity index (χ4n) is 3.26. The van der Waals surface area contributed by atoms with E-state index in [2.05, 4.69) is 5.32 Å². The van der Waals surface area contributed by atoms with Crippen LogP contribution in [-0.2, 0) is 15.9 Å². The van der Waals surface area contributed by atoms with E-state index in [1.165, 1.54) is 4.57 Å². The van der Waals surface area contributed by atoms with E-state index in [1.807, 2.05) is 0 Å². The molecule has 1 aromatic carbocycles. The predicted octanol–water partition coefficient (Wildman–Crippen LogP) is 4.06. The molecule has 150 valence electrons. The minimum absolute atomic E-state index is 0.203. The Labute approximate surface area is 164 Å². The molecule has 0 radical (unpaired) electrons. The summed E-state index contributed by atoms with van der Waals surface area (Å²) < 4.78 is 12.2. The number of rotatable bonds is 1. The molecule has 7 heteroatoms. The maximum absolute atomic E-state index is 12.9. The average molecular weight is 386 g/mol. The molecule has 1 amide bonds. The normalized spacial score (nSPS) is 16.8. The number of nitrogens with zero attached hydrogens (tertiary/aromatic N) is 1. The molecule has 1 atom stereocenters. The number of alkyl carbamates (subject to hydrolysis) is 1. The van der Waals surface area contributed by atoms with Gasteiger partial charge in [-0.25, -0.2) is 9.59 Å². The van der Waals surface area contributed by atoms with E-state index in [0.717, 1.165) is 10.9 Å². The summed E-state index contributed by atoms with van der Waals surface area (Å²) in [5.41, 5.74) is 0.597. The lowest BCUT2D eigenvalue weighted by atomic mass is 9.88. The zero-order valence-corrected chi connectivity index (χ0v) is 17.1. The fourth-order valence-corrected chi connectivity index (χ4v) is 3.26. The molecule has 1 unspecified atom stereocenters. The van der Waals surface area contributed by atoms with E-state index < -0.39 is 29.4 Å². The molecule has 1 N–H and O–H groups in total. The van der Waals surface area contributed by atoms with Crippen molar-refractivity contribution in [2.24, 2.45) is 0 Å². The van der Waals surface area contributed by atoms with Gasteiger partial charge in [0.2, 0.25) is 0 Å². The number of amides is 1. The SMILES string of the molecule is CC(C)(C)OC(=O)NC1Cc2cn(C(=O)OC(C)(C)C)c3cccc(c23)C1=O. The molecule has 1 heterocycles. The van der Waals surface area contributed by atoms with Crippen LogP contribution in [0.2, 0.25) is 0 Å². The average Bonchev–Trinajstić information content (AvgIpc) is 2.88. The molecular weight excluding hydrogens is 360 g/mol. The van der Waals surface area contributed by atoms with Crippen LogP contribution in [0.3, 0.4) is 0 Å². The van der Waals surface area contributed by atoms with Gasteiger partial charge in [-0.15, -0.1) is 0 Å². The quantitative estimate of drug-likeness (QED) is 0.799. The summed E-state index contributed by atoms with van der Waals surface area (Å²) in [4.78, 5) is 37.6. The Hall–Kier alpha value is -2.83. The smallest absolute Gasteiger partial charge is 0.419 e. The largest absolute Gasteiger partial charge is 0.444 e. The molecule has 0 saturated heterocycles. The molecule has 0 fully saturated rings. The summed E-state index contributed by atoms with van der Waals surface area (Å²) >= 11 is 0. The van der Waals surface area contributed by atoms with Crippen LogP contribution in [0.15, 0.2) is 24.4 Å².